The lowest BCUT2D eigenvalue weighted by atomic mass is 10.1. The zero-order chi connectivity index (χ0) is 14.0. The average Bonchev–Trinajstić information content (AvgIpc) is 2.32. The molecule has 6 nitrogen and oxygen atoms in total. The summed E-state index contributed by atoms with van der Waals surface area (Å²) in [7, 11) is 0. The van der Waals surface area contributed by atoms with Gasteiger partial charge < -0.3 is 10.2 Å². The maximum absolute atomic E-state index is 13.2. The molecule has 19 heavy (non-hydrogen) atoms. The minimum Gasteiger partial charge on any atom is -0.333 e. The van der Waals surface area contributed by atoms with Crippen molar-refractivity contribution in [2.75, 3.05) is 19.6 Å². The number of carbonyl (C=O) groups is 1. The summed E-state index contributed by atoms with van der Waals surface area (Å²) >= 11 is 0. The van der Waals surface area contributed by atoms with Crippen molar-refractivity contribution in [2.24, 2.45) is 0 Å². The van der Waals surface area contributed by atoms with Crippen molar-refractivity contribution in [1.29, 1.82) is 0 Å². The van der Waals surface area contributed by atoms with E-state index in [1.54, 1.807) is 6.92 Å². The van der Waals surface area contributed by atoms with E-state index >= 15 is 0 Å². The largest absolute Gasteiger partial charge is 0.333 e. The quantitative estimate of drug-likeness (QED) is 0.656. The molecule has 0 bridgehead atoms. The zero-order valence-corrected chi connectivity index (χ0v) is 10.4. The smallest absolute Gasteiger partial charge is 0.282 e. The SMILES string of the molecule is CCN(C(=O)c1cc(F)ccc1[N+](=O)[O-])C1CNC1. The van der Waals surface area contributed by atoms with Crippen LogP contribution in [0.15, 0.2) is 18.2 Å². The Morgan fingerprint density at radius 1 is 1.58 bits per heavy atom. The summed E-state index contributed by atoms with van der Waals surface area (Å²) in [5, 5.41) is 13.9. The van der Waals surface area contributed by atoms with Crippen molar-refractivity contribution in [3.8, 4) is 0 Å². The molecule has 1 fully saturated rings. The molecule has 0 unspecified atom stereocenters. The molecule has 1 saturated heterocycles. The Morgan fingerprint density at radius 2 is 2.26 bits per heavy atom. The van der Waals surface area contributed by atoms with Gasteiger partial charge in [0.05, 0.1) is 11.0 Å². The molecule has 0 aliphatic carbocycles. The van der Waals surface area contributed by atoms with E-state index in [1.165, 1.54) is 4.90 Å². The van der Waals surface area contributed by atoms with E-state index in [-0.39, 0.29) is 17.3 Å². The Morgan fingerprint density at radius 3 is 2.74 bits per heavy atom. The molecular weight excluding hydrogens is 253 g/mol. The van der Waals surface area contributed by atoms with Crippen molar-refractivity contribution in [2.45, 2.75) is 13.0 Å². The summed E-state index contributed by atoms with van der Waals surface area (Å²) in [4.78, 5) is 24.1. The topological polar surface area (TPSA) is 75.5 Å². The maximum Gasteiger partial charge on any atom is 0.282 e. The summed E-state index contributed by atoms with van der Waals surface area (Å²) in [6.45, 7) is 3.53. The fraction of sp³-hybridized carbons (Fsp3) is 0.417. The van der Waals surface area contributed by atoms with Crippen LogP contribution in [0.3, 0.4) is 0 Å². The van der Waals surface area contributed by atoms with Crippen molar-refractivity contribution in [1.82, 2.24) is 10.2 Å². The highest BCUT2D eigenvalue weighted by Crippen LogP contribution is 2.22. The first-order valence-corrected chi connectivity index (χ1v) is 6.00. The fourth-order valence-electron chi connectivity index (χ4n) is 2.05. The fourth-order valence-corrected chi connectivity index (χ4v) is 2.05. The molecular formula is C12H14FN3O3. The summed E-state index contributed by atoms with van der Waals surface area (Å²) in [5.41, 5.74) is -0.559. The number of amides is 1. The zero-order valence-electron chi connectivity index (χ0n) is 10.4. The van der Waals surface area contributed by atoms with Gasteiger partial charge in [-0.1, -0.05) is 0 Å². The first-order chi connectivity index (χ1) is 9.04. The van der Waals surface area contributed by atoms with Gasteiger partial charge in [0.2, 0.25) is 0 Å². The van der Waals surface area contributed by atoms with Crippen LogP contribution in [0.1, 0.15) is 17.3 Å². The number of rotatable bonds is 4. The van der Waals surface area contributed by atoms with Crippen molar-refractivity contribution < 1.29 is 14.1 Å². The molecule has 0 spiro atoms. The lowest BCUT2D eigenvalue weighted by molar-refractivity contribution is -0.385. The Balaban J connectivity index is 2.35. The third-order valence-electron chi connectivity index (χ3n) is 3.19. The number of halogens is 1. The van der Waals surface area contributed by atoms with E-state index < -0.39 is 16.6 Å². The number of carbonyl (C=O) groups excluding carboxylic acids is 1. The molecule has 1 aromatic carbocycles. The molecule has 0 aromatic heterocycles. The van der Waals surface area contributed by atoms with Gasteiger partial charge in [-0.3, -0.25) is 14.9 Å². The van der Waals surface area contributed by atoms with Crippen LogP contribution < -0.4 is 5.32 Å². The van der Waals surface area contributed by atoms with Gasteiger partial charge in [-0.2, -0.15) is 0 Å². The third-order valence-corrected chi connectivity index (χ3v) is 3.19. The number of nitro groups is 1. The summed E-state index contributed by atoms with van der Waals surface area (Å²) in [6.07, 6.45) is 0. The number of nitrogens with one attached hydrogen (secondary N) is 1. The Kier molecular flexibility index (Phi) is 3.75. The van der Waals surface area contributed by atoms with Gasteiger partial charge in [-0.05, 0) is 19.1 Å². The number of nitrogens with zero attached hydrogens (tertiary/aromatic N) is 2. The number of likely N-dealkylation sites (N-methyl/N-ethyl adjacent to an activating group) is 1. The number of hydrogen-bond acceptors (Lipinski definition) is 4. The van der Waals surface area contributed by atoms with E-state index in [4.69, 9.17) is 0 Å². The van der Waals surface area contributed by atoms with Crippen molar-refractivity contribution in [3.05, 3.63) is 39.7 Å². The molecule has 0 saturated carbocycles. The lowest BCUT2D eigenvalue weighted by Gasteiger charge is -2.37. The van der Waals surface area contributed by atoms with Gasteiger partial charge in [0.25, 0.3) is 11.6 Å². The normalized spacial score (nSPS) is 14.8. The first-order valence-electron chi connectivity index (χ1n) is 6.00. The van der Waals surface area contributed by atoms with Crippen LogP contribution in [0, 0.1) is 15.9 Å². The molecule has 7 heteroatoms. The lowest BCUT2D eigenvalue weighted by Crippen LogP contribution is -2.58. The standard InChI is InChI=1S/C12H14FN3O3/c1-2-15(9-6-14-7-9)12(17)10-5-8(13)3-4-11(10)16(18)19/h3-5,9,14H,2,6-7H2,1H3. The maximum atomic E-state index is 13.2. The number of hydrogen-bond donors (Lipinski definition) is 1. The molecule has 1 aliphatic rings. The van der Waals surface area contributed by atoms with Crippen LogP contribution in [0.4, 0.5) is 10.1 Å². The van der Waals surface area contributed by atoms with Crippen LogP contribution in [-0.2, 0) is 0 Å². The number of benzene rings is 1. The Hall–Kier alpha value is -2.02. The molecule has 1 aromatic rings. The first kappa shape index (κ1) is 13.4. The Bertz CT molecular complexity index is 517. The van der Waals surface area contributed by atoms with Gasteiger partial charge in [0.15, 0.2) is 0 Å². The second-order valence-corrected chi connectivity index (χ2v) is 4.32. The minimum atomic E-state index is -0.667. The molecule has 0 radical (unpaired) electrons. The van der Waals surface area contributed by atoms with E-state index in [1.807, 2.05) is 0 Å². The van der Waals surface area contributed by atoms with Gasteiger partial charge >= 0.3 is 0 Å². The second kappa shape index (κ2) is 5.31. The minimum absolute atomic E-state index is 0.0142. The highest BCUT2D eigenvalue weighted by molar-refractivity contribution is 5.98. The van der Waals surface area contributed by atoms with Crippen LogP contribution in [0.2, 0.25) is 0 Å². The van der Waals surface area contributed by atoms with Gasteiger partial charge in [0, 0.05) is 25.7 Å². The highest BCUT2D eigenvalue weighted by Gasteiger charge is 2.31. The highest BCUT2D eigenvalue weighted by atomic mass is 19.1. The van der Waals surface area contributed by atoms with Crippen LogP contribution in [-0.4, -0.2) is 41.4 Å². The molecule has 0 atom stereocenters. The average molecular weight is 267 g/mol. The predicted octanol–water partition coefficient (Wildman–Crippen LogP) is 1.17. The van der Waals surface area contributed by atoms with Crippen molar-refractivity contribution >= 4 is 11.6 Å². The summed E-state index contributed by atoms with van der Waals surface area (Å²) in [5.74, 6) is -1.16. The molecule has 1 heterocycles. The van der Waals surface area contributed by atoms with Crippen LogP contribution >= 0.6 is 0 Å². The Labute approximate surface area is 109 Å². The van der Waals surface area contributed by atoms with Gasteiger partial charge in [-0.25, -0.2) is 4.39 Å². The molecule has 2 rings (SSSR count). The molecule has 1 amide bonds. The third kappa shape index (κ3) is 2.55. The van der Waals surface area contributed by atoms with Gasteiger partial charge in [-0.15, -0.1) is 0 Å². The van der Waals surface area contributed by atoms with Crippen LogP contribution in [0.5, 0.6) is 0 Å². The van der Waals surface area contributed by atoms with Crippen LogP contribution in [0.25, 0.3) is 0 Å². The monoisotopic (exact) mass is 267 g/mol. The summed E-state index contributed by atoms with van der Waals surface area (Å²) in [6, 6.07) is 2.95. The van der Waals surface area contributed by atoms with E-state index in [0.717, 1.165) is 18.2 Å². The molecule has 1 N–H and O–H groups in total. The summed E-state index contributed by atoms with van der Waals surface area (Å²) < 4.78 is 13.2. The van der Waals surface area contributed by atoms with E-state index in [0.29, 0.717) is 19.6 Å². The molecule has 102 valence electrons. The predicted molar refractivity (Wildman–Crippen MR) is 66.4 cm³/mol. The number of nitro benzene ring substituents is 1. The van der Waals surface area contributed by atoms with Crippen molar-refractivity contribution in [3.63, 3.8) is 0 Å². The van der Waals surface area contributed by atoms with Gasteiger partial charge in [0.1, 0.15) is 11.4 Å². The molecule has 1 aliphatic heterocycles. The second-order valence-electron chi connectivity index (χ2n) is 4.32. The van der Waals surface area contributed by atoms with E-state index in [9.17, 15) is 19.3 Å². The van der Waals surface area contributed by atoms with E-state index in [2.05, 4.69) is 5.32 Å².